The summed E-state index contributed by atoms with van der Waals surface area (Å²) in [5, 5.41) is 6.69. The van der Waals surface area contributed by atoms with Gasteiger partial charge in [-0.05, 0) is 19.0 Å². The zero-order chi connectivity index (χ0) is 14.8. The fraction of sp³-hybridized carbons (Fsp3) is 0.818. The van der Waals surface area contributed by atoms with Gasteiger partial charge in [0.25, 0.3) is 0 Å². The number of hydrogen-bond donors (Lipinski definition) is 1. The van der Waals surface area contributed by atoms with E-state index in [4.69, 9.17) is 4.52 Å². The largest absolute Gasteiger partial charge is 0.367 e. The van der Waals surface area contributed by atoms with Crippen molar-refractivity contribution in [3.63, 3.8) is 0 Å². The molecule has 0 bridgehead atoms. The third-order valence-corrected chi connectivity index (χ3v) is 3.24. The molecular weight excluding hydrogens is 282 g/mol. The van der Waals surface area contributed by atoms with Gasteiger partial charge in [-0.3, -0.25) is 0 Å². The van der Waals surface area contributed by atoms with Crippen LogP contribution in [-0.2, 0) is 11.3 Å². The number of rotatable bonds is 7. The van der Waals surface area contributed by atoms with E-state index in [1.54, 1.807) is 0 Å². The molecule has 20 heavy (non-hydrogen) atoms. The molecule has 1 N–H and O–H groups in total. The van der Waals surface area contributed by atoms with Gasteiger partial charge in [0, 0.05) is 5.92 Å². The van der Waals surface area contributed by atoms with Gasteiger partial charge in [-0.2, -0.15) is 13.8 Å². The smallest absolute Gasteiger partial charge is 0.330 e. The fourth-order valence-corrected chi connectivity index (χ4v) is 1.72. The Morgan fingerprint density at radius 3 is 2.70 bits per heavy atom. The Morgan fingerprint density at radius 1 is 1.45 bits per heavy atom. The lowest BCUT2D eigenvalue weighted by Gasteiger charge is -2.30. The molecule has 1 aromatic heterocycles. The van der Waals surface area contributed by atoms with Gasteiger partial charge in [-0.25, -0.2) is 8.78 Å². The number of alkyl halides is 4. The van der Waals surface area contributed by atoms with Crippen molar-refractivity contribution in [1.82, 2.24) is 15.5 Å². The lowest BCUT2D eigenvalue weighted by Crippen LogP contribution is -2.44. The Morgan fingerprint density at radius 2 is 2.15 bits per heavy atom. The zero-order valence-corrected chi connectivity index (χ0v) is 10.8. The minimum Gasteiger partial charge on any atom is -0.367 e. The first-order valence-electron chi connectivity index (χ1n) is 6.17. The standard InChI is InChI=1S/C11H15F4N3O2/c1-6(7-2-16-3-7)9-17-8(18-20-9)4-19-5-11(14,15)10(12)13/h6-7,10,16H,2-5H2,1H3. The van der Waals surface area contributed by atoms with Crippen molar-refractivity contribution in [3.05, 3.63) is 11.7 Å². The highest BCUT2D eigenvalue weighted by molar-refractivity contribution is 4.98. The van der Waals surface area contributed by atoms with Crippen LogP contribution in [0.15, 0.2) is 4.52 Å². The highest BCUT2D eigenvalue weighted by atomic mass is 19.3. The summed E-state index contributed by atoms with van der Waals surface area (Å²) in [6.45, 7) is 1.87. The molecule has 1 saturated heterocycles. The van der Waals surface area contributed by atoms with Crippen LogP contribution in [0.1, 0.15) is 24.6 Å². The van der Waals surface area contributed by atoms with Gasteiger partial charge in [0.2, 0.25) is 5.89 Å². The predicted octanol–water partition coefficient (Wildman–Crippen LogP) is 1.81. The van der Waals surface area contributed by atoms with Crippen molar-refractivity contribution in [3.8, 4) is 0 Å². The van der Waals surface area contributed by atoms with Crippen LogP contribution in [0.3, 0.4) is 0 Å². The topological polar surface area (TPSA) is 60.2 Å². The Bertz CT molecular complexity index is 437. The summed E-state index contributed by atoms with van der Waals surface area (Å²) < 4.78 is 58.5. The van der Waals surface area contributed by atoms with Crippen LogP contribution in [0.2, 0.25) is 0 Å². The highest BCUT2D eigenvalue weighted by Gasteiger charge is 2.41. The van der Waals surface area contributed by atoms with Gasteiger partial charge in [0.1, 0.15) is 13.2 Å². The van der Waals surface area contributed by atoms with Gasteiger partial charge in [-0.15, -0.1) is 0 Å². The Balaban J connectivity index is 1.81. The van der Waals surface area contributed by atoms with Gasteiger partial charge in [0.15, 0.2) is 5.82 Å². The van der Waals surface area contributed by atoms with Gasteiger partial charge in [0.05, 0.1) is 0 Å². The summed E-state index contributed by atoms with van der Waals surface area (Å²) in [6.07, 6.45) is -3.76. The maximum absolute atomic E-state index is 12.6. The van der Waals surface area contributed by atoms with Crippen molar-refractivity contribution in [1.29, 1.82) is 0 Å². The van der Waals surface area contributed by atoms with Gasteiger partial charge < -0.3 is 14.6 Å². The summed E-state index contributed by atoms with van der Waals surface area (Å²) in [4.78, 5) is 4.01. The Hall–Kier alpha value is -1.22. The van der Waals surface area contributed by atoms with E-state index in [0.29, 0.717) is 11.8 Å². The van der Waals surface area contributed by atoms with Crippen LogP contribution in [-0.4, -0.2) is 42.2 Å². The van der Waals surface area contributed by atoms with Crippen molar-refractivity contribution in [2.45, 2.75) is 31.8 Å². The van der Waals surface area contributed by atoms with Gasteiger partial charge >= 0.3 is 12.3 Å². The van der Waals surface area contributed by atoms with E-state index in [0.717, 1.165) is 13.1 Å². The van der Waals surface area contributed by atoms with Crippen LogP contribution in [0.25, 0.3) is 0 Å². The molecule has 0 spiro atoms. The lowest BCUT2D eigenvalue weighted by atomic mass is 9.89. The molecular formula is C11H15F4N3O2. The molecule has 1 fully saturated rings. The number of nitrogens with one attached hydrogen (secondary N) is 1. The fourth-order valence-electron chi connectivity index (χ4n) is 1.72. The highest BCUT2D eigenvalue weighted by Crippen LogP contribution is 2.26. The van der Waals surface area contributed by atoms with Crippen molar-refractivity contribution >= 4 is 0 Å². The molecule has 0 aliphatic carbocycles. The first-order chi connectivity index (χ1) is 9.40. The molecule has 0 saturated carbocycles. The van der Waals surface area contributed by atoms with Crippen molar-refractivity contribution in [2.24, 2.45) is 5.92 Å². The Labute approximate surface area is 112 Å². The molecule has 114 valence electrons. The van der Waals surface area contributed by atoms with Crippen molar-refractivity contribution in [2.75, 3.05) is 19.7 Å². The molecule has 9 heteroatoms. The average Bonchev–Trinajstić information content (AvgIpc) is 2.75. The SMILES string of the molecule is CC(c1nc(COCC(F)(F)C(F)F)no1)C1CNC1. The molecule has 1 aliphatic rings. The molecule has 0 aromatic carbocycles. The number of hydrogen-bond acceptors (Lipinski definition) is 5. The van der Waals surface area contributed by atoms with Crippen LogP contribution in [0, 0.1) is 5.92 Å². The van der Waals surface area contributed by atoms with E-state index >= 15 is 0 Å². The number of ether oxygens (including phenoxy) is 1. The Kier molecular flexibility index (Phi) is 4.59. The van der Waals surface area contributed by atoms with E-state index in [1.165, 1.54) is 0 Å². The van der Waals surface area contributed by atoms with Crippen LogP contribution in [0.5, 0.6) is 0 Å². The van der Waals surface area contributed by atoms with Gasteiger partial charge in [-0.1, -0.05) is 12.1 Å². The number of aromatic nitrogens is 2. The van der Waals surface area contributed by atoms with Crippen LogP contribution >= 0.6 is 0 Å². The predicted molar refractivity (Wildman–Crippen MR) is 59.7 cm³/mol. The molecule has 5 nitrogen and oxygen atoms in total. The van der Waals surface area contributed by atoms with E-state index in [2.05, 4.69) is 20.2 Å². The molecule has 1 unspecified atom stereocenters. The molecule has 2 rings (SSSR count). The quantitative estimate of drug-likeness (QED) is 0.778. The van der Waals surface area contributed by atoms with E-state index in [1.807, 2.05) is 6.92 Å². The second-order valence-corrected chi connectivity index (χ2v) is 4.81. The lowest BCUT2D eigenvalue weighted by molar-refractivity contribution is -0.168. The monoisotopic (exact) mass is 297 g/mol. The molecule has 1 atom stereocenters. The molecule has 1 aliphatic heterocycles. The van der Waals surface area contributed by atoms with E-state index in [9.17, 15) is 17.6 Å². The second-order valence-electron chi connectivity index (χ2n) is 4.81. The summed E-state index contributed by atoms with van der Waals surface area (Å²) >= 11 is 0. The molecule has 0 radical (unpaired) electrons. The van der Waals surface area contributed by atoms with Crippen molar-refractivity contribution < 1.29 is 26.8 Å². The minimum absolute atomic E-state index is 0.0556. The van der Waals surface area contributed by atoms with E-state index in [-0.39, 0.29) is 18.3 Å². The maximum atomic E-state index is 12.6. The average molecular weight is 297 g/mol. The first kappa shape index (κ1) is 15.2. The third kappa shape index (κ3) is 3.45. The summed E-state index contributed by atoms with van der Waals surface area (Å²) in [6, 6.07) is 0. The van der Waals surface area contributed by atoms with E-state index < -0.39 is 19.0 Å². The summed E-state index contributed by atoms with van der Waals surface area (Å²) in [7, 11) is 0. The number of halogens is 4. The summed E-state index contributed by atoms with van der Waals surface area (Å²) in [5.74, 6) is -3.25. The second kappa shape index (κ2) is 6.04. The molecule has 0 amide bonds. The minimum atomic E-state index is -4.17. The summed E-state index contributed by atoms with van der Waals surface area (Å²) in [5.41, 5.74) is 0. The first-order valence-corrected chi connectivity index (χ1v) is 6.17. The number of nitrogens with zero attached hydrogens (tertiary/aromatic N) is 2. The van der Waals surface area contributed by atoms with Crippen LogP contribution in [0.4, 0.5) is 17.6 Å². The zero-order valence-electron chi connectivity index (χ0n) is 10.8. The van der Waals surface area contributed by atoms with Crippen LogP contribution < -0.4 is 5.32 Å². The normalized spacial score (nSPS) is 18.3. The third-order valence-electron chi connectivity index (χ3n) is 3.24. The molecule has 2 heterocycles. The molecule has 1 aromatic rings. The maximum Gasteiger partial charge on any atom is 0.330 e.